The first-order valence-corrected chi connectivity index (χ1v) is 14.1. The highest BCUT2D eigenvalue weighted by Gasteiger charge is 2.32. The minimum atomic E-state index is 0.0217. The van der Waals surface area contributed by atoms with E-state index in [-0.39, 0.29) is 17.1 Å². The van der Waals surface area contributed by atoms with Crippen molar-refractivity contribution in [3.05, 3.63) is 44.6 Å². The van der Waals surface area contributed by atoms with E-state index >= 15 is 0 Å². The highest BCUT2D eigenvalue weighted by molar-refractivity contribution is 7.99. The van der Waals surface area contributed by atoms with Gasteiger partial charge >= 0.3 is 0 Å². The molecule has 0 bridgehead atoms. The number of hydrogen-bond acceptors (Lipinski definition) is 7. The van der Waals surface area contributed by atoms with Gasteiger partial charge in [-0.3, -0.25) is 9.36 Å². The molecule has 0 spiro atoms. The molecule has 5 rings (SSSR count). The summed E-state index contributed by atoms with van der Waals surface area (Å²) in [6, 6.07) is 5.86. The van der Waals surface area contributed by atoms with E-state index in [1.54, 1.807) is 34.8 Å². The predicted octanol–water partition coefficient (Wildman–Crippen LogP) is 5.77. The minimum Gasteiger partial charge on any atom is -0.497 e. The van der Waals surface area contributed by atoms with Crippen molar-refractivity contribution in [1.29, 1.82) is 0 Å². The van der Waals surface area contributed by atoms with Crippen LogP contribution in [0.3, 0.4) is 0 Å². The summed E-state index contributed by atoms with van der Waals surface area (Å²) in [6.45, 7) is 10.0. The van der Waals surface area contributed by atoms with Crippen LogP contribution >= 0.6 is 23.1 Å². The van der Waals surface area contributed by atoms with Gasteiger partial charge in [0.2, 0.25) is 0 Å². The number of nitrogens with zero attached hydrogens (tertiary/aromatic N) is 2. The molecule has 3 heterocycles. The summed E-state index contributed by atoms with van der Waals surface area (Å²) in [5.41, 5.74) is 3.32. The molecule has 1 aliphatic heterocycles. The Balaban J connectivity index is 1.64. The summed E-state index contributed by atoms with van der Waals surface area (Å²) in [6.07, 6.45) is 4.01. The topological polar surface area (TPSA) is 62.6 Å². The van der Waals surface area contributed by atoms with Gasteiger partial charge in [0.25, 0.3) is 5.56 Å². The van der Waals surface area contributed by atoms with Crippen LogP contribution in [0.4, 0.5) is 0 Å². The van der Waals surface area contributed by atoms with Crippen LogP contribution in [0.2, 0.25) is 0 Å². The number of methoxy groups -OCH3 is 1. The maximum atomic E-state index is 14.2. The summed E-state index contributed by atoms with van der Waals surface area (Å²) in [7, 11) is 1.65. The number of aromatic nitrogens is 2. The van der Waals surface area contributed by atoms with Gasteiger partial charge < -0.3 is 14.2 Å². The Labute approximate surface area is 215 Å². The molecule has 0 amide bonds. The summed E-state index contributed by atoms with van der Waals surface area (Å²) in [4.78, 5) is 21.5. The lowest BCUT2D eigenvalue weighted by atomic mass is 9.72. The van der Waals surface area contributed by atoms with Crippen molar-refractivity contribution in [3.8, 4) is 11.4 Å². The van der Waals surface area contributed by atoms with E-state index in [2.05, 4.69) is 20.8 Å². The Hall–Kier alpha value is -1.87. The lowest BCUT2D eigenvalue weighted by molar-refractivity contribution is -0.130. The van der Waals surface area contributed by atoms with Gasteiger partial charge in [-0.25, -0.2) is 4.98 Å². The molecule has 188 valence electrons. The minimum absolute atomic E-state index is 0.0217. The zero-order chi connectivity index (χ0) is 24.7. The zero-order valence-electron chi connectivity index (χ0n) is 21.2. The molecule has 35 heavy (non-hydrogen) atoms. The fourth-order valence-corrected chi connectivity index (χ4v) is 7.42. The van der Waals surface area contributed by atoms with Crippen molar-refractivity contribution < 1.29 is 14.2 Å². The number of benzene rings is 1. The van der Waals surface area contributed by atoms with Crippen LogP contribution in [-0.4, -0.2) is 41.9 Å². The Morgan fingerprint density at radius 1 is 1.29 bits per heavy atom. The summed E-state index contributed by atoms with van der Waals surface area (Å²) in [5, 5.41) is 1.51. The average Bonchev–Trinajstić information content (AvgIpc) is 3.21. The fourth-order valence-electron chi connectivity index (χ4n) is 5.01. The van der Waals surface area contributed by atoms with E-state index in [9.17, 15) is 4.79 Å². The lowest BCUT2D eigenvalue weighted by Gasteiger charge is -2.33. The first-order valence-electron chi connectivity index (χ1n) is 12.3. The number of thiophene rings is 1. The first-order chi connectivity index (χ1) is 16.8. The molecule has 0 saturated carbocycles. The Morgan fingerprint density at radius 2 is 2.11 bits per heavy atom. The summed E-state index contributed by atoms with van der Waals surface area (Å²) >= 11 is 3.30. The van der Waals surface area contributed by atoms with Crippen LogP contribution in [0.25, 0.3) is 15.9 Å². The van der Waals surface area contributed by atoms with Gasteiger partial charge in [0.05, 0.1) is 30.9 Å². The third kappa shape index (κ3) is 4.90. The highest BCUT2D eigenvalue weighted by Crippen LogP contribution is 2.42. The second-order valence-electron chi connectivity index (χ2n) is 10.6. The van der Waals surface area contributed by atoms with Gasteiger partial charge in [0.1, 0.15) is 17.4 Å². The van der Waals surface area contributed by atoms with Crippen LogP contribution in [0.5, 0.6) is 5.75 Å². The van der Waals surface area contributed by atoms with Gasteiger partial charge in [0, 0.05) is 16.7 Å². The quantitative estimate of drug-likeness (QED) is 0.318. The van der Waals surface area contributed by atoms with Crippen LogP contribution < -0.4 is 10.3 Å². The van der Waals surface area contributed by atoms with Gasteiger partial charge in [-0.15, -0.1) is 11.3 Å². The van der Waals surface area contributed by atoms with E-state index in [4.69, 9.17) is 19.2 Å². The maximum Gasteiger partial charge on any atom is 0.267 e. The molecule has 8 heteroatoms. The third-order valence-corrected chi connectivity index (χ3v) is 9.52. The van der Waals surface area contributed by atoms with Crippen molar-refractivity contribution in [2.45, 2.75) is 64.6 Å². The molecule has 0 unspecified atom stereocenters. The number of rotatable bonds is 5. The van der Waals surface area contributed by atoms with E-state index in [1.807, 2.05) is 25.1 Å². The number of ether oxygens (including phenoxy) is 3. The van der Waals surface area contributed by atoms with E-state index in [1.165, 1.54) is 10.4 Å². The zero-order valence-corrected chi connectivity index (χ0v) is 22.8. The fraction of sp³-hybridized carbons (Fsp3) is 0.556. The van der Waals surface area contributed by atoms with Crippen molar-refractivity contribution in [1.82, 2.24) is 9.55 Å². The molecule has 0 N–H and O–H groups in total. The van der Waals surface area contributed by atoms with Crippen molar-refractivity contribution in [3.63, 3.8) is 0 Å². The smallest absolute Gasteiger partial charge is 0.267 e. The first kappa shape index (κ1) is 24.8. The van der Waals surface area contributed by atoms with Gasteiger partial charge in [-0.05, 0) is 61.1 Å². The molecule has 1 aliphatic carbocycles. The van der Waals surface area contributed by atoms with Gasteiger partial charge in [-0.2, -0.15) is 0 Å². The molecule has 1 saturated heterocycles. The normalized spacial score (nSPS) is 20.7. The second-order valence-corrected chi connectivity index (χ2v) is 12.7. The molecular formula is C27H34N2O4S2. The molecule has 1 fully saturated rings. The standard InChI is InChI=1S/C27H34N2O4S2/c1-16-6-8-18(31-5)13-21(16)29-25(30)23-20-9-7-17(27(2,3)4)12-22(20)35-24(23)28-26(29)34-14-19-10-11-32-15-33-19/h6,8,13,17,19H,7,9-12,14-15H2,1-5H3/t17-,19-/m0/s1. The Bertz CT molecular complexity index is 1290. The van der Waals surface area contributed by atoms with E-state index in [0.717, 1.165) is 58.7 Å². The second kappa shape index (κ2) is 9.88. The van der Waals surface area contributed by atoms with Crippen LogP contribution in [-0.2, 0) is 22.3 Å². The Kier molecular flexibility index (Phi) is 7.00. The Morgan fingerprint density at radius 3 is 2.83 bits per heavy atom. The number of aryl methyl sites for hydroxylation is 2. The SMILES string of the molecule is COc1ccc(C)c(-n2c(SC[C@@H]3CCOCO3)nc3sc4c(c3c2=O)CC[C@H](C(C)(C)C)C4)c1. The van der Waals surface area contributed by atoms with Gasteiger partial charge in [0.15, 0.2) is 5.16 Å². The number of thioether (sulfide) groups is 1. The summed E-state index contributed by atoms with van der Waals surface area (Å²) < 4.78 is 18.4. The van der Waals surface area contributed by atoms with Crippen molar-refractivity contribution >= 4 is 33.3 Å². The molecule has 6 nitrogen and oxygen atoms in total. The molecule has 0 radical (unpaired) electrons. The van der Waals surface area contributed by atoms with Crippen LogP contribution in [0.15, 0.2) is 28.2 Å². The van der Waals surface area contributed by atoms with Crippen LogP contribution in [0, 0.1) is 18.3 Å². The van der Waals surface area contributed by atoms with E-state index < -0.39 is 0 Å². The van der Waals surface area contributed by atoms with Crippen molar-refractivity contribution in [2.75, 3.05) is 26.3 Å². The predicted molar refractivity (Wildman–Crippen MR) is 143 cm³/mol. The molecule has 2 aromatic heterocycles. The van der Waals surface area contributed by atoms with Crippen LogP contribution in [0.1, 0.15) is 49.6 Å². The molecular weight excluding hydrogens is 480 g/mol. The highest BCUT2D eigenvalue weighted by atomic mass is 32.2. The number of hydrogen-bond donors (Lipinski definition) is 0. The monoisotopic (exact) mass is 514 g/mol. The van der Waals surface area contributed by atoms with Crippen molar-refractivity contribution in [2.24, 2.45) is 11.3 Å². The average molecular weight is 515 g/mol. The van der Waals surface area contributed by atoms with Gasteiger partial charge in [-0.1, -0.05) is 38.6 Å². The maximum absolute atomic E-state index is 14.2. The summed E-state index contributed by atoms with van der Waals surface area (Å²) in [5.74, 6) is 2.06. The van der Waals surface area contributed by atoms with E-state index in [0.29, 0.717) is 24.5 Å². The molecule has 2 aliphatic rings. The molecule has 1 aromatic carbocycles. The largest absolute Gasteiger partial charge is 0.497 e. The lowest BCUT2D eigenvalue weighted by Crippen LogP contribution is -2.28. The molecule has 2 atom stereocenters. The third-order valence-electron chi connectivity index (χ3n) is 7.30. The molecule has 3 aromatic rings. The number of fused-ring (bicyclic) bond motifs is 3.